The summed E-state index contributed by atoms with van der Waals surface area (Å²) < 4.78 is 16.7. The molecular weight excluding hydrogens is 268 g/mol. The molecule has 1 saturated carbocycles. The molecular formula is C16H24N2O3. The van der Waals surface area contributed by atoms with Crippen LogP contribution in [0, 0.1) is 5.41 Å². The van der Waals surface area contributed by atoms with Crippen LogP contribution >= 0.6 is 0 Å². The molecule has 0 saturated heterocycles. The number of benzene rings is 1. The van der Waals surface area contributed by atoms with E-state index in [-0.39, 0.29) is 11.9 Å². The van der Waals surface area contributed by atoms with E-state index in [2.05, 4.69) is 0 Å². The molecule has 3 N–H and O–H groups in total. The predicted octanol–water partition coefficient (Wildman–Crippen LogP) is 2.45. The van der Waals surface area contributed by atoms with E-state index < -0.39 is 0 Å². The van der Waals surface area contributed by atoms with Crippen molar-refractivity contribution in [2.24, 2.45) is 5.73 Å². The summed E-state index contributed by atoms with van der Waals surface area (Å²) in [5, 5.41) is 7.51. The maximum Gasteiger partial charge on any atom is 0.130 e. The van der Waals surface area contributed by atoms with Crippen LogP contribution in [0.5, 0.6) is 5.75 Å². The van der Waals surface area contributed by atoms with Crippen LogP contribution < -0.4 is 10.5 Å². The molecule has 2 rings (SSSR count). The number of nitrogens with two attached hydrogens (primary N) is 1. The second-order valence-corrected chi connectivity index (χ2v) is 5.41. The van der Waals surface area contributed by atoms with E-state index in [1.165, 1.54) is 0 Å². The van der Waals surface area contributed by atoms with Gasteiger partial charge in [0.05, 0.1) is 31.5 Å². The van der Waals surface area contributed by atoms with Crippen LogP contribution in [-0.4, -0.2) is 32.3 Å². The Morgan fingerprint density at radius 3 is 2.71 bits per heavy atom. The molecule has 5 heteroatoms. The lowest BCUT2D eigenvalue weighted by Gasteiger charge is -2.28. The lowest BCUT2D eigenvalue weighted by molar-refractivity contribution is -0.0363. The molecule has 1 aliphatic carbocycles. The third-order valence-corrected chi connectivity index (χ3v) is 3.95. The molecule has 1 aliphatic rings. The van der Waals surface area contributed by atoms with Crippen LogP contribution in [0.2, 0.25) is 0 Å². The largest absolute Gasteiger partial charge is 0.496 e. The van der Waals surface area contributed by atoms with Crippen LogP contribution in [0.4, 0.5) is 0 Å². The fourth-order valence-electron chi connectivity index (χ4n) is 2.73. The lowest BCUT2D eigenvalue weighted by atomic mass is 9.95. The minimum atomic E-state index is 0.00883. The van der Waals surface area contributed by atoms with Gasteiger partial charge in [-0.1, -0.05) is 6.07 Å². The zero-order valence-corrected chi connectivity index (χ0v) is 12.7. The Bertz CT molecular complexity index is 490. The van der Waals surface area contributed by atoms with E-state index in [1.54, 1.807) is 20.3 Å². The van der Waals surface area contributed by atoms with Gasteiger partial charge in [-0.2, -0.15) is 0 Å². The Balaban J connectivity index is 1.95. The molecule has 0 aliphatic heterocycles. The van der Waals surface area contributed by atoms with E-state index in [0.29, 0.717) is 24.0 Å². The molecule has 0 amide bonds. The van der Waals surface area contributed by atoms with Gasteiger partial charge in [0, 0.05) is 7.11 Å². The summed E-state index contributed by atoms with van der Waals surface area (Å²) >= 11 is 0. The number of methoxy groups -OCH3 is 2. The average Bonchev–Trinajstić information content (AvgIpc) is 2.52. The first kappa shape index (κ1) is 15.8. The molecule has 2 atom stereocenters. The quantitative estimate of drug-likeness (QED) is 0.623. The molecule has 0 radical (unpaired) electrons. The number of nitrogen functional groups attached to an aromatic ring is 1. The average molecular weight is 292 g/mol. The van der Waals surface area contributed by atoms with Crippen molar-refractivity contribution in [2.75, 3.05) is 14.2 Å². The summed E-state index contributed by atoms with van der Waals surface area (Å²) in [7, 11) is 3.34. The monoisotopic (exact) mass is 292 g/mol. The molecule has 21 heavy (non-hydrogen) atoms. The second-order valence-electron chi connectivity index (χ2n) is 5.41. The van der Waals surface area contributed by atoms with Crippen molar-refractivity contribution in [1.82, 2.24) is 0 Å². The van der Waals surface area contributed by atoms with Gasteiger partial charge < -0.3 is 19.9 Å². The first-order chi connectivity index (χ1) is 10.1. The predicted molar refractivity (Wildman–Crippen MR) is 81.9 cm³/mol. The van der Waals surface area contributed by atoms with Crippen molar-refractivity contribution in [2.45, 2.75) is 44.5 Å². The first-order valence-corrected chi connectivity index (χ1v) is 7.29. The normalized spacial score (nSPS) is 22.0. The minimum absolute atomic E-state index is 0.00883. The highest BCUT2D eigenvalue weighted by Crippen LogP contribution is 2.25. The highest BCUT2D eigenvalue weighted by molar-refractivity contribution is 5.97. The summed E-state index contributed by atoms with van der Waals surface area (Å²) in [6.07, 6.45) is 4.88. The maximum atomic E-state index is 7.51. The standard InChI is InChI=1S/C16H24N2O3/c1-19-12-4-3-5-13(9-12)21-10-11-6-7-14(16(17)18)15(8-11)20-2/h6-8,12-13H,3-5,9-10H2,1-2H3,(H3,17,18). The second kappa shape index (κ2) is 7.43. The van der Waals surface area contributed by atoms with Gasteiger partial charge in [0.2, 0.25) is 0 Å². The van der Waals surface area contributed by atoms with Crippen molar-refractivity contribution in [3.63, 3.8) is 0 Å². The summed E-state index contributed by atoms with van der Waals surface area (Å²) in [5.74, 6) is 0.622. The Hall–Kier alpha value is -1.59. The van der Waals surface area contributed by atoms with Crippen molar-refractivity contribution in [1.29, 1.82) is 5.41 Å². The van der Waals surface area contributed by atoms with Crippen LogP contribution in [-0.2, 0) is 16.1 Å². The van der Waals surface area contributed by atoms with Crippen LogP contribution in [0.15, 0.2) is 18.2 Å². The van der Waals surface area contributed by atoms with Gasteiger partial charge in [-0.05, 0) is 43.4 Å². The van der Waals surface area contributed by atoms with Gasteiger partial charge >= 0.3 is 0 Å². The third-order valence-electron chi connectivity index (χ3n) is 3.95. The summed E-state index contributed by atoms with van der Waals surface area (Å²) in [6, 6.07) is 5.61. The van der Waals surface area contributed by atoms with E-state index in [0.717, 1.165) is 31.2 Å². The number of nitrogens with one attached hydrogen (secondary N) is 1. The maximum absolute atomic E-state index is 7.51. The highest BCUT2D eigenvalue weighted by atomic mass is 16.5. The first-order valence-electron chi connectivity index (χ1n) is 7.29. The number of amidine groups is 1. The minimum Gasteiger partial charge on any atom is -0.496 e. The van der Waals surface area contributed by atoms with Gasteiger partial charge in [0.15, 0.2) is 0 Å². The molecule has 116 valence electrons. The van der Waals surface area contributed by atoms with E-state index >= 15 is 0 Å². The molecule has 0 heterocycles. The zero-order valence-electron chi connectivity index (χ0n) is 12.7. The smallest absolute Gasteiger partial charge is 0.130 e. The SMILES string of the molecule is COc1cc(COC2CCCC(OC)C2)ccc1C(=N)N. The molecule has 1 aromatic rings. The summed E-state index contributed by atoms with van der Waals surface area (Å²) in [5.41, 5.74) is 7.15. The lowest BCUT2D eigenvalue weighted by Crippen LogP contribution is -2.27. The van der Waals surface area contributed by atoms with E-state index in [1.807, 2.05) is 12.1 Å². The van der Waals surface area contributed by atoms with E-state index in [4.69, 9.17) is 25.4 Å². The molecule has 1 aromatic carbocycles. The molecule has 0 bridgehead atoms. The van der Waals surface area contributed by atoms with Gasteiger partial charge in [-0.15, -0.1) is 0 Å². The highest BCUT2D eigenvalue weighted by Gasteiger charge is 2.22. The van der Waals surface area contributed by atoms with Gasteiger partial charge in [-0.25, -0.2) is 0 Å². The van der Waals surface area contributed by atoms with Crippen molar-refractivity contribution >= 4 is 5.84 Å². The number of ether oxygens (including phenoxy) is 3. The fourth-order valence-corrected chi connectivity index (χ4v) is 2.73. The number of hydrogen-bond acceptors (Lipinski definition) is 4. The van der Waals surface area contributed by atoms with Gasteiger partial charge in [0.25, 0.3) is 0 Å². The van der Waals surface area contributed by atoms with Crippen LogP contribution in [0.3, 0.4) is 0 Å². The Labute approximate surface area is 125 Å². The molecule has 0 spiro atoms. The van der Waals surface area contributed by atoms with Crippen molar-refractivity contribution in [3.8, 4) is 5.75 Å². The van der Waals surface area contributed by atoms with Crippen LogP contribution in [0.25, 0.3) is 0 Å². The number of hydrogen-bond donors (Lipinski definition) is 2. The molecule has 0 aromatic heterocycles. The van der Waals surface area contributed by atoms with Crippen molar-refractivity contribution in [3.05, 3.63) is 29.3 Å². The Morgan fingerprint density at radius 1 is 1.29 bits per heavy atom. The third kappa shape index (κ3) is 4.19. The van der Waals surface area contributed by atoms with Crippen molar-refractivity contribution < 1.29 is 14.2 Å². The van der Waals surface area contributed by atoms with Gasteiger partial charge in [0.1, 0.15) is 11.6 Å². The summed E-state index contributed by atoms with van der Waals surface area (Å²) in [6.45, 7) is 0.537. The number of rotatable bonds is 6. The molecule has 5 nitrogen and oxygen atoms in total. The van der Waals surface area contributed by atoms with E-state index in [9.17, 15) is 0 Å². The van der Waals surface area contributed by atoms with Crippen LogP contribution in [0.1, 0.15) is 36.8 Å². The Morgan fingerprint density at radius 2 is 2.05 bits per heavy atom. The fraction of sp³-hybridized carbons (Fsp3) is 0.562. The Kier molecular flexibility index (Phi) is 5.59. The molecule has 2 unspecified atom stereocenters. The molecule has 1 fully saturated rings. The summed E-state index contributed by atoms with van der Waals surface area (Å²) in [4.78, 5) is 0. The topological polar surface area (TPSA) is 77.6 Å². The van der Waals surface area contributed by atoms with Gasteiger partial charge in [-0.3, -0.25) is 5.41 Å². The zero-order chi connectivity index (χ0) is 15.2.